The van der Waals surface area contributed by atoms with Crippen molar-refractivity contribution in [1.82, 2.24) is 4.98 Å². The van der Waals surface area contributed by atoms with Gasteiger partial charge in [-0.1, -0.05) is 6.07 Å². The minimum absolute atomic E-state index is 0.0833. The number of aromatic nitrogens is 1. The van der Waals surface area contributed by atoms with E-state index in [2.05, 4.69) is 26.2 Å². The number of anilines is 1. The predicted molar refractivity (Wildman–Crippen MR) is 82.9 cm³/mol. The van der Waals surface area contributed by atoms with Crippen LogP contribution < -0.4 is 5.32 Å². The number of thiazole rings is 1. The number of alkyl halides is 1. The molecule has 19 heavy (non-hydrogen) atoms. The highest BCUT2D eigenvalue weighted by molar-refractivity contribution is 9.10. The first-order chi connectivity index (χ1) is 9.08. The number of carbonyl (C=O) groups is 1. The van der Waals surface area contributed by atoms with E-state index in [-0.39, 0.29) is 12.3 Å². The molecule has 1 amide bonds. The van der Waals surface area contributed by atoms with Gasteiger partial charge in [-0.05, 0) is 40.5 Å². The first kappa shape index (κ1) is 14.5. The first-order valence-corrected chi connectivity index (χ1v) is 7.84. The van der Waals surface area contributed by atoms with Crippen LogP contribution in [0.15, 0.2) is 28.1 Å². The molecule has 0 aliphatic heterocycles. The summed E-state index contributed by atoms with van der Waals surface area (Å²) in [5, 5.41) is 5.51. The molecular formula is C13H12BrClN2OS. The van der Waals surface area contributed by atoms with Crippen LogP contribution in [0.3, 0.4) is 0 Å². The van der Waals surface area contributed by atoms with Crippen LogP contribution in [0.4, 0.5) is 5.69 Å². The fourth-order valence-corrected chi connectivity index (χ4v) is 3.16. The molecule has 0 spiro atoms. The van der Waals surface area contributed by atoms with Crippen molar-refractivity contribution in [2.75, 3.05) is 5.32 Å². The summed E-state index contributed by atoms with van der Waals surface area (Å²) in [6.07, 6.45) is 0.266. The third kappa shape index (κ3) is 4.03. The van der Waals surface area contributed by atoms with Crippen molar-refractivity contribution in [2.24, 2.45) is 0 Å². The molecule has 1 aromatic heterocycles. The zero-order valence-electron chi connectivity index (χ0n) is 10.2. The maximum Gasteiger partial charge on any atom is 0.231 e. The quantitative estimate of drug-likeness (QED) is 0.834. The van der Waals surface area contributed by atoms with E-state index in [1.54, 1.807) is 0 Å². The third-order valence-corrected chi connectivity index (χ3v) is 4.27. The number of nitrogens with one attached hydrogen (secondary N) is 1. The van der Waals surface area contributed by atoms with Crippen LogP contribution in [-0.2, 0) is 17.1 Å². The Balaban J connectivity index is 2.01. The summed E-state index contributed by atoms with van der Waals surface area (Å²) in [6, 6.07) is 5.79. The standard InChI is InChI=1S/C13H12BrClN2OS/c1-8-2-3-11(10(14)4-8)17-12(18)5-13-16-9(6-15)7-19-13/h2-4,7H,5-6H2,1H3,(H,17,18). The molecule has 100 valence electrons. The van der Waals surface area contributed by atoms with Crippen molar-refractivity contribution >= 4 is 50.5 Å². The lowest BCUT2D eigenvalue weighted by Gasteiger charge is -2.07. The number of benzene rings is 1. The van der Waals surface area contributed by atoms with Crippen LogP contribution >= 0.6 is 38.9 Å². The van der Waals surface area contributed by atoms with Gasteiger partial charge >= 0.3 is 0 Å². The zero-order valence-corrected chi connectivity index (χ0v) is 13.4. The van der Waals surface area contributed by atoms with Crippen molar-refractivity contribution in [3.63, 3.8) is 0 Å². The van der Waals surface area contributed by atoms with E-state index in [9.17, 15) is 4.79 Å². The maximum absolute atomic E-state index is 11.9. The number of nitrogens with zero attached hydrogens (tertiary/aromatic N) is 1. The average Bonchev–Trinajstić information content (AvgIpc) is 2.80. The molecule has 0 saturated carbocycles. The van der Waals surface area contributed by atoms with E-state index in [0.717, 1.165) is 26.4 Å². The Morgan fingerprint density at radius 1 is 1.53 bits per heavy atom. The van der Waals surface area contributed by atoms with Gasteiger partial charge in [-0.15, -0.1) is 22.9 Å². The highest BCUT2D eigenvalue weighted by Gasteiger charge is 2.09. The number of aryl methyl sites for hydroxylation is 1. The van der Waals surface area contributed by atoms with E-state index < -0.39 is 0 Å². The molecule has 1 N–H and O–H groups in total. The van der Waals surface area contributed by atoms with Gasteiger partial charge in [0.25, 0.3) is 0 Å². The zero-order chi connectivity index (χ0) is 13.8. The molecule has 6 heteroatoms. The molecule has 0 bridgehead atoms. The molecule has 0 saturated heterocycles. The molecule has 2 aromatic rings. The average molecular weight is 360 g/mol. The van der Waals surface area contributed by atoms with E-state index in [1.807, 2.05) is 30.5 Å². The molecule has 1 aromatic carbocycles. The smallest absolute Gasteiger partial charge is 0.231 e. The Labute approximate surface area is 129 Å². The molecule has 1 heterocycles. The highest BCUT2D eigenvalue weighted by Crippen LogP contribution is 2.23. The van der Waals surface area contributed by atoms with E-state index >= 15 is 0 Å². The lowest BCUT2D eigenvalue weighted by Crippen LogP contribution is -2.14. The minimum atomic E-state index is -0.0833. The van der Waals surface area contributed by atoms with Crippen LogP contribution in [0.2, 0.25) is 0 Å². The van der Waals surface area contributed by atoms with Crippen molar-refractivity contribution in [3.8, 4) is 0 Å². The summed E-state index contributed by atoms with van der Waals surface area (Å²) in [6.45, 7) is 2.00. The fraction of sp³-hybridized carbons (Fsp3) is 0.231. The van der Waals surface area contributed by atoms with Crippen LogP contribution in [0.1, 0.15) is 16.3 Å². The fourth-order valence-electron chi connectivity index (χ4n) is 1.54. The SMILES string of the molecule is Cc1ccc(NC(=O)Cc2nc(CCl)cs2)c(Br)c1. The number of carbonyl (C=O) groups excluding carboxylic acids is 1. The second-order valence-corrected chi connectivity index (χ2v) is 6.14. The van der Waals surface area contributed by atoms with Crippen LogP contribution in [0, 0.1) is 6.92 Å². The largest absolute Gasteiger partial charge is 0.325 e. The molecular weight excluding hydrogens is 348 g/mol. The van der Waals surface area contributed by atoms with Crippen LogP contribution in [0.5, 0.6) is 0 Å². The summed E-state index contributed by atoms with van der Waals surface area (Å²) in [5.74, 6) is 0.293. The second-order valence-electron chi connectivity index (χ2n) is 4.07. The van der Waals surface area contributed by atoms with Gasteiger partial charge in [-0.2, -0.15) is 0 Å². The lowest BCUT2D eigenvalue weighted by atomic mass is 10.2. The number of hydrogen-bond donors (Lipinski definition) is 1. The van der Waals surface area contributed by atoms with E-state index in [1.165, 1.54) is 11.3 Å². The Kier molecular flexibility index (Phi) is 4.96. The monoisotopic (exact) mass is 358 g/mol. The third-order valence-electron chi connectivity index (χ3n) is 2.45. The van der Waals surface area contributed by atoms with E-state index in [0.29, 0.717) is 5.88 Å². The number of hydrogen-bond acceptors (Lipinski definition) is 3. The van der Waals surface area contributed by atoms with Gasteiger partial charge in [0, 0.05) is 9.85 Å². The molecule has 3 nitrogen and oxygen atoms in total. The molecule has 0 fully saturated rings. The Morgan fingerprint density at radius 2 is 2.32 bits per heavy atom. The van der Waals surface area contributed by atoms with Crippen LogP contribution in [-0.4, -0.2) is 10.9 Å². The van der Waals surface area contributed by atoms with Gasteiger partial charge in [-0.3, -0.25) is 4.79 Å². The van der Waals surface area contributed by atoms with Crippen LogP contribution in [0.25, 0.3) is 0 Å². The normalized spacial score (nSPS) is 10.5. The van der Waals surface area contributed by atoms with Gasteiger partial charge in [0.15, 0.2) is 0 Å². The lowest BCUT2D eigenvalue weighted by molar-refractivity contribution is -0.115. The number of halogens is 2. The van der Waals surface area contributed by atoms with Gasteiger partial charge in [0.2, 0.25) is 5.91 Å². The van der Waals surface area contributed by atoms with Crippen molar-refractivity contribution in [3.05, 3.63) is 44.3 Å². The maximum atomic E-state index is 11.9. The molecule has 0 atom stereocenters. The summed E-state index contributed by atoms with van der Waals surface area (Å²) in [5.41, 5.74) is 2.72. The minimum Gasteiger partial charge on any atom is -0.325 e. The van der Waals surface area contributed by atoms with Crippen molar-refractivity contribution in [2.45, 2.75) is 19.2 Å². The topological polar surface area (TPSA) is 42.0 Å². The molecule has 2 rings (SSSR count). The van der Waals surface area contributed by atoms with E-state index in [4.69, 9.17) is 11.6 Å². The van der Waals surface area contributed by atoms with Gasteiger partial charge < -0.3 is 5.32 Å². The number of amides is 1. The number of rotatable bonds is 4. The Hall–Kier alpha value is -0.910. The second kappa shape index (κ2) is 6.50. The summed E-state index contributed by atoms with van der Waals surface area (Å²) < 4.78 is 0.876. The van der Waals surface area contributed by atoms with Crippen molar-refractivity contribution in [1.29, 1.82) is 0 Å². The molecule has 0 aliphatic rings. The molecule has 0 unspecified atom stereocenters. The molecule has 0 radical (unpaired) electrons. The Morgan fingerprint density at radius 3 is 2.95 bits per heavy atom. The Bertz CT molecular complexity index is 600. The van der Waals surface area contributed by atoms with Gasteiger partial charge in [-0.25, -0.2) is 4.98 Å². The predicted octanol–water partition coefficient (Wildman–Crippen LogP) is 4.13. The summed E-state index contributed by atoms with van der Waals surface area (Å²) in [4.78, 5) is 16.2. The van der Waals surface area contributed by atoms with Gasteiger partial charge in [0.1, 0.15) is 5.01 Å². The molecule has 0 aliphatic carbocycles. The van der Waals surface area contributed by atoms with Crippen molar-refractivity contribution < 1.29 is 4.79 Å². The summed E-state index contributed by atoms with van der Waals surface area (Å²) in [7, 11) is 0. The first-order valence-electron chi connectivity index (χ1n) is 5.63. The summed E-state index contributed by atoms with van der Waals surface area (Å²) >= 11 is 10.6. The van der Waals surface area contributed by atoms with Gasteiger partial charge in [0.05, 0.1) is 23.7 Å². The highest BCUT2D eigenvalue weighted by atomic mass is 79.9.